The van der Waals surface area contributed by atoms with E-state index < -0.39 is 4.92 Å². The molecule has 0 atom stereocenters. The number of nitro benzene ring substituents is 1. The maximum Gasteiger partial charge on any atom is 0.269 e. The first kappa shape index (κ1) is 15.9. The summed E-state index contributed by atoms with van der Waals surface area (Å²) in [7, 11) is 1.65. The van der Waals surface area contributed by atoms with Crippen LogP contribution in [0.3, 0.4) is 0 Å². The summed E-state index contributed by atoms with van der Waals surface area (Å²) in [6.07, 6.45) is 3.32. The average Bonchev–Trinajstić information content (AvgIpc) is 2.84. The van der Waals surface area contributed by atoms with Crippen molar-refractivity contribution in [2.24, 2.45) is 4.99 Å². The summed E-state index contributed by atoms with van der Waals surface area (Å²) in [5.41, 5.74) is 0.723. The fourth-order valence-electron chi connectivity index (χ4n) is 2.01. The van der Waals surface area contributed by atoms with Gasteiger partial charge in [0.1, 0.15) is 0 Å². The van der Waals surface area contributed by atoms with Crippen LogP contribution in [0.15, 0.2) is 58.6 Å². The number of amidine groups is 1. The van der Waals surface area contributed by atoms with E-state index in [1.54, 1.807) is 43.6 Å². The van der Waals surface area contributed by atoms with Crippen LogP contribution in [0, 0.1) is 10.1 Å². The van der Waals surface area contributed by atoms with Gasteiger partial charge < -0.3 is 0 Å². The lowest BCUT2D eigenvalue weighted by molar-refractivity contribution is -0.384. The van der Waals surface area contributed by atoms with Crippen LogP contribution < -0.4 is 0 Å². The lowest BCUT2D eigenvalue weighted by Crippen LogP contribution is -2.23. The Morgan fingerprint density at radius 1 is 1.25 bits per heavy atom. The van der Waals surface area contributed by atoms with Gasteiger partial charge in [0.2, 0.25) is 0 Å². The van der Waals surface area contributed by atoms with E-state index in [4.69, 9.17) is 0 Å². The summed E-state index contributed by atoms with van der Waals surface area (Å²) in [5, 5.41) is 11.2. The molecule has 1 aliphatic heterocycles. The van der Waals surface area contributed by atoms with Gasteiger partial charge >= 0.3 is 0 Å². The molecular formula is C16H12N4O3S. The van der Waals surface area contributed by atoms with Crippen molar-refractivity contribution in [3.63, 3.8) is 0 Å². The number of pyridine rings is 1. The minimum atomic E-state index is -0.461. The molecule has 2 aromatic rings. The van der Waals surface area contributed by atoms with E-state index in [0.29, 0.717) is 21.5 Å². The van der Waals surface area contributed by atoms with E-state index in [9.17, 15) is 14.9 Å². The molecule has 1 aliphatic rings. The van der Waals surface area contributed by atoms with Crippen molar-refractivity contribution in [1.82, 2.24) is 9.88 Å². The molecule has 24 heavy (non-hydrogen) atoms. The summed E-state index contributed by atoms with van der Waals surface area (Å²) < 4.78 is 0. The Kier molecular flexibility index (Phi) is 4.39. The minimum absolute atomic E-state index is 0.0112. The maximum absolute atomic E-state index is 12.3. The van der Waals surface area contributed by atoms with Gasteiger partial charge in [-0.25, -0.2) is 9.98 Å². The first-order valence-electron chi connectivity index (χ1n) is 6.96. The first-order valence-corrected chi connectivity index (χ1v) is 7.78. The van der Waals surface area contributed by atoms with Gasteiger partial charge in [-0.3, -0.25) is 19.8 Å². The second-order valence-electron chi connectivity index (χ2n) is 4.91. The second-order valence-corrected chi connectivity index (χ2v) is 5.91. The summed E-state index contributed by atoms with van der Waals surface area (Å²) in [6, 6.07) is 11.4. The summed E-state index contributed by atoms with van der Waals surface area (Å²) in [5.74, 6) is 0.351. The van der Waals surface area contributed by atoms with Gasteiger partial charge in [-0.1, -0.05) is 6.07 Å². The number of hydrogen-bond acceptors (Lipinski definition) is 6. The van der Waals surface area contributed by atoms with Gasteiger partial charge in [0.25, 0.3) is 11.6 Å². The lowest BCUT2D eigenvalue weighted by Gasteiger charge is -2.06. The summed E-state index contributed by atoms with van der Waals surface area (Å²) in [6.45, 7) is 0. The van der Waals surface area contributed by atoms with E-state index in [-0.39, 0.29) is 11.6 Å². The highest BCUT2D eigenvalue weighted by Crippen LogP contribution is 2.32. The van der Waals surface area contributed by atoms with Gasteiger partial charge in [0.05, 0.1) is 9.83 Å². The Morgan fingerprint density at radius 2 is 2.00 bits per heavy atom. The Bertz CT molecular complexity index is 847. The Labute approximate surface area is 141 Å². The van der Waals surface area contributed by atoms with E-state index in [1.807, 2.05) is 6.07 Å². The molecule has 0 radical (unpaired) electrons. The van der Waals surface area contributed by atoms with Gasteiger partial charge in [-0.2, -0.15) is 0 Å². The topological polar surface area (TPSA) is 88.7 Å². The zero-order chi connectivity index (χ0) is 17.1. The number of hydrogen-bond donors (Lipinski definition) is 0. The second kappa shape index (κ2) is 6.63. The molecule has 7 nitrogen and oxygen atoms in total. The molecule has 120 valence electrons. The van der Waals surface area contributed by atoms with Crippen LogP contribution in [0.2, 0.25) is 0 Å². The molecule has 0 aliphatic carbocycles. The predicted octanol–water partition coefficient (Wildman–Crippen LogP) is 3.22. The molecule has 0 N–H and O–H groups in total. The minimum Gasteiger partial charge on any atom is -0.289 e. The smallest absolute Gasteiger partial charge is 0.269 e. The molecule has 3 rings (SSSR count). The molecule has 1 fully saturated rings. The fourth-order valence-corrected chi connectivity index (χ4v) is 2.99. The van der Waals surface area contributed by atoms with Crippen molar-refractivity contribution in [1.29, 1.82) is 0 Å². The Morgan fingerprint density at radius 3 is 2.62 bits per heavy atom. The first-order chi connectivity index (χ1) is 11.5. The Hall–Kier alpha value is -3.00. The molecule has 1 saturated heterocycles. The van der Waals surface area contributed by atoms with E-state index >= 15 is 0 Å². The molecule has 1 aromatic carbocycles. The van der Waals surface area contributed by atoms with Crippen molar-refractivity contribution in [2.75, 3.05) is 7.05 Å². The third-order valence-corrected chi connectivity index (χ3v) is 4.32. The maximum atomic E-state index is 12.3. The zero-order valence-corrected chi connectivity index (χ0v) is 13.4. The highest BCUT2D eigenvalue weighted by molar-refractivity contribution is 8.18. The molecule has 0 saturated carbocycles. The molecule has 1 aromatic heterocycles. The third-order valence-electron chi connectivity index (χ3n) is 3.26. The average molecular weight is 340 g/mol. The quantitative estimate of drug-likeness (QED) is 0.486. The van der Waals surface area contributed by atoms with Crippen molar-refractivity contribution in [3.05, 3.63) is 69.2 Å². The van der Waals surface area contributed by atoms with Gasteiger partial charge in [0.15, 0.2) is 11.0 Å². The molecule has 0 bridgehead atoms. The fraction of sp³-hybridized carbons (Fsp3) is 0.0625. The van der Waals surface area contributed by atoms with Crippen LogP contribution in [0.4, 0.5) is 11.5 Å². The molecule has 2 heterocycles. The SMILES string of the molecule is CN1C(=O)/C(=C/c2ccc([N+](=O)[O-])cc2)S/C1=N/c1ccccn1. The number of benzene rings is 1. The van der Waals surface area contributed by atoms with Crippen LogP contribution in [0.25, 0.3) is 6.08 Å². The van der Waals surface area contributed by atoms with Gasteiger partial charge in [-0.05, 0) is 47.7 Å². The molecular weight excluding hydrogens is 328 g/mol. The summed E-state index contributed by atoms with van der Waals surface area (Å²) >= 11 is 1.24. The zero-order valence-electron chi connectivity index (χ0n) is 12.6. The number of thioether (sulfide) groups is 1. The number of amides is 1. The molecule has 0 unspecified atom stereocenters. The standard InChI is InChI=1S/C16H12N4O3S/c1-19-15(21)13(10-11-5-7-12(8-6-11)20(22)23)24-16(19)18-14-4-2-3-9-17-14/h2-10H,1H3/b13-10-,18-16+. The number of aliphatic imine (C=N–C) groups is 1. The highest BCUT2D eigenvalue weighted by Gasteiger charge is 2.30. The summed E-state index contributed by atoms with van der Waals surface area (Å²) in [4.78, 5) is 33.0. The van der Waals surface area contributed by atoms with Crippen molar-refractivity contribution < 1.29 is 9.72 Å². The van der Waals surface area contributed by atoms with Crippen molar-refractivity contribution >= 4 is 40.4 Å². The van der Waals surface area contributed by atoms with Crippen LogP contribution in [0.1, 0.15) is 5.56 Å². The van der Waals surface area contributed by atoms with Crippen LogP contribution in [0.5, 0.6) is 0 Å². The molecule has 1 amide bonds. The van der Waals surface area contributed by atoms with Crippen LogP contribution in [-0.2, 0) is 4.79 Å². The van der Waals surface area contributed by atoms with Crippen LogP contribution >= 0.6 is 11.8 Å². The number of aromatic nitrogens is 1. The number of nitrogens with zero attached hydrogens (tertiary/aromatic N) is 4. The number of nitro groups is 1. The van der Waals surface area contributed by atoms with Crippen molar-refractivity contribution in [3.8, 4) is 0 Å². The largest absolute Gasteiger partial charge is 0.289 e. The molecule has 8 heteroatoms. The molecule has 0 spiro atoms. The lowest BCUT2D eigenvalue weighted by atomic mass is 10.2. The van der Waals surface area contributed by atoms with Crippen molar-refractivity contribution in [2.45, 2.75) is 0 Å². The van der Waals surface area contributed by atoms with Crippen LogP contribution in [-0.4, -0.2) is 32.9 Å². The van der Waals surface area contributed by atoms with Gasteiger partial charge in [0, 0.05) is 25.4 Å². The van der Waals surface area contributed by atoms with E-state index in [1.165, 1.54) is 28.8 Å². The highest BCUT2D eigenvalue weighted by atomic mass is 32.2. The predicted molar refractivity (Wildman–Crippen MR) is 92.8 cm³/mol. The van der Waals surface area contributed by atoms with E-state index in [0.717, 1.165) is 0 Å². The normalized spacial score (nSPS) is 17.7. The number of carbonyl (C=O) groups excluding carboxylic acids is 1. The third kappa shape index (κ3) is 3.33. The number of likely N-dealkylation sites (N-methyl/N-ethyl adjacent to an activating group) is 1. The number of non-ortho nitro benzene ring substituents is 1. The van der Waals surface area contributed by atoms with E-state index in [2.05, 4.69) is 9.98 Å². The number of carbonyl (C=O) groups is 1. The van der Waals surface area contributed by atoms with Gasteiger partial charge in [-0.15, -0.1) is 0 Å². The monoisotopic (exact) mass is 340 g/mol. The Balaban J connectivity index is 1.86. The number of rotatable bonds is 3.